The molecule has 0 aliphatic carbocycles. The van der Waals surface area contributed by atoms with Crippen molar-refractivity contribution in [3.05, 3.63) is 94.8 Å². The molecule has 1 aromatic heterocycles. The molecule has 2 aromatic carbocycles. The molecule has 138 valence electrons. The average molecular weight is 401 g/mol. The molecule has 5 nitrogen and oxygen atoms in total. The van der Waals surface area contributed by atoms with E-state index in [-0.39, 0.29) is 4.90 Å². The van der Waals surface area contributed by atoms with Gasteiger partial charge in [0.1, 0.15) is 10.1 Å². The third-order valence-electron chi connectivity index (χ3n) is 3.65. The van der Waals surface area contributed by atoms with Gasteiger partial charge in [0.2, 0.25) is 0 Å². The minimum absolute atomic E-state index is 0.178. The second kappa shape index (κ2) is 9.28. The van der Waals surface area contributed by atoms with Gasteiger partial charge >= 0.3 is 0 Å². The van der Waals surface area contributed by atoms with Gasteiger partial charge in [0.05, 0.1) is 21.6 Å². The first-order valence-corrected chi connectivity index (χ1v) is 9.73. The minimum atomic E-state index is -4.27. The Morgan fingerprint density at radius 3 is 2.19 bits per heavy atom. The van der Waals surface area contributed by atoms with Gasteiger partial charge in [-0.15, -0.1) is 0 Å². The molecule has 27 heavy (non-hydrogen) atoms. The summed E-state index contributed by atoms with van der Waals surface area (Å²) in [6, 6.07) is 19.2. The number of halogens is 1. The molecule has 0 fully saturated rings. The number of pyridine rings is 1. The lowest BCUT2D eigenvalue weighted by atomic mass is 10.1. The summed E-state index contributed by atoms with van der Waals surface area (Å²) in [4.78, 5) is -0.178. The van der Waals surface area contributed by atoms with E-state index >= 15 is 0 Å². The molecule has 0 saturated heterocycles. The molecule has 0 aliphatic rings. The van der Waals surface area contributed by atoms with Crippen LogP contribution in [0.2, 0.25) is 5.02 Å². The van der Waals surface area contributed by atoms with Crippen molar-refractivity contribution in [1.29, 1.82) is 5.26 Å². The van der Waals surface area contributed by atoms with Gasteiger partial charge in [0, 0.05) is 17.7 Å². The van der Waals surface area contributed by atoms with Crippen LogP contribution >= 0.6 is 11.6 Å². The number of benzene rings is 2. The summed E-state index contributed by atoms with van der Waals surface area (Å²) >= 11 is 5.81. The maximum absolute atomic E-state index is 10.4. The van der Waals surface area contributed by atoms with E-state index in [1.165, 1.54) is 12.1 Å². The zero-order chi connectivity index (χ0) is 19.9. The predicted octanol–water partition coefficient (Wildman–Crippen LogP) is 3.45. The molecule has 3 aromatic rings. The summed E-state index contributed by atoms with van der Waals surface area (Å²) in [6.45, 7) is 2.50. The van der Waals surface area contributed by atoms with Crippen molar-refractivity contribution in [3.8, 4) is 6.07 Å². The van der Waals surface area contributed by atoms with Crippen molar-refractivity contribution in [3.63, 3.8) is 0 Å². The highest BCUT2D eigenvalue weighted by atomic mass is 35.5. The average Bonchev–Trinajstić information content (AvgIpc) is 2.64. The Kier molecular flexibility index (Phi) is 7.08. The molecule has 3 rings (SSSR count). The molecule has 0 unspecified atom stereocenters. The number of hydrogen-bond donors (Lipinski definition) is 0. The highest BCUT2D eigenvalue weighted by Gasteiger charge is 2.06. The summed E-state index contributed by atoms with van der Waals surface area (Å²) in [6.07, 6.45) is 3.80. The summed E-state index contributed by atoms with van der Waals surface area (Å²) in [5, 5.41) is 9.67. The van der Waals surface area contributed by atoms with Crippen LogP contribution in [0.4, 0.5) is 0 Å². The minimum Gasteiger partial charge on any atom is -0.744 e. The molecule has 0 bridgehead atoms. The smallest absolute Gasteiger partial charge is 0.175 e. The maximum atomic E-state index is 10.4. The number of aromatic nitrogens is 1. The van der Waals surface area contributed by atoms with Crippen LogP contribution in [0.5, 0.6) is 0 Å². The van der Waals surface area contributed by atoms with Crippen molar-refractivity contribution in [2.24, 2.45) is 0 Å². The largest absolute Gasteiger partial charge is 0.744 e. The molecule has 0 atom stereocenters. The first kappa shape index (κ1) is 20.6. The number of nitriles is 1. The molecule has 0 aliphatic heterocycles. The van der Waals surface area contributed by atoms with Crippen molar-refractivity contribution in [2.75, 3.05) is 0 Å². The van der Waals surface area contributed by atoms with E-state index < -0.39 is 10.1 Å². The lowest BCUT2D eigenvalue weighted by molar-refractivity contribution is -0.688. The summed E-state index contributed by atoms with van der Waals surface area (Å²) in [5.74, 6) is 0. The van der Waals surface area contributed by atoms with Crippen LogP contribution in [0.25, 0.3) is 0 Å². The van der Waals surface area contributed by atoms with Gasteiger partial charge in [-0.3, -0.25) is 0 Å². The number of rotatable bonds is 3. The van der Waals surface area contributed by atoms with Crippen LogP contribution in [-0.2, 0) is 16.7 Å². The van der Waals surface area contributed by atoms with E-state index in [4.69, 9.17) is 16.9 Å². The zero-order valence-corrected chi connectivity index (χ0v) is 16.1. The zero-order valence-electron chi connectivity index (χ0n) is 14.5. The molecule has 0 spiro atoms. The SMILES string of the molecule is Cc1ccc(S(=O)(=O)[O-])cc1.N#Cc1ccccc1C[n+]1ccc(Cl)cc1. The third-order valence-corrected chi connectivity index (χ3v) is 4.75. The highest BCUT2D eigenvalue weighted by molar-refractivity contribution is 7.85. The molecular formula is C20H17ClN2O3S. The topological polar surface area (TPSA) is 84.9 Å². The number of nitrogens with zero attached hydrogens (tertiary/aromatic N) is 2. The lowest BCUT2D eigenvalue weighted by Gasteiger charge is -2.05. The second-order valence-corrected chi connectivity index (χ2v) is 7.54. The van der Waals surface area contributed by atoms with Crippen molar-refractivity contribution < 1.29 is 17.5 Å². The van der Waals surface area contributed by atoms with Gasteiger partial charge in [-0.1, -0.05) is 47.5 Å². The Balaban J connectivity index is 0.000000208. The van der Waals surface area contributed by atoms with Gasteiger partial charge in [0.15, 0.2) is 18.9 Å². The first-order valence-electron chi connectivity index (χ1n) is 7.95. The lowest BCUT2D eigenvalue weighted by Crippen LogP contribution is -2.33. The van der Waals surface area contributed by atoms with Crippen molar-refractivity contribution >= 4 is 21.7 Å². The molecule has 0 saturated carbocycles. The molecular weight excluding hydrogens is 384 g/mol. The Bertz CT molecular complexity index is 1040. The molecule has 7 heteroatoms. The molecule has 0 amide bonds. The van der Waals surface area contributed by atoms with E-state index in [1.807, 2.05) is 60.3 Å². The van der Waals surface area contributed by atoms with E-state index in [0.717, 1.165) is 11.1 Å². The van der Waals surface area contributed by atoms with Gasteiger partial charge in [-0.25, -0.2) is 13.0 Å². The van der Waals surface area contributed by atoms with Crippen LogP contribution < -0.4 is 4.57 Å². The van der Waals surface area contributed by atoms with Crippen LogP contribution in [0.1, 0.15) is 16.7 Å². The van der Waals surface area contributed by atoms with Gasteiger partial charge < -0.3 is 4.55 Å². The van der Waals surface area contributed by atoms with Crippen LogP contribution in [0.3, 0.4) is 0 Å². The summed E-state index contributed by atoms with van der Waals surface area (Å²) < 4.78 is 33.2. The monoisotopic (exact) mass is 400 g/mol. The van der Waals surface area contributed by atoms with Crippen molar-refractivity contribution in [2.45, 2.75) is 18.4 Å². The van der Waals surface area contributed by atoms with E-state index in [1.54, 1.807) is 12.1 Å². The highest BCUT2D eigenvalue weighted by Crippen LogP contribution is 2.09. The fraction of sp³-hybridized carbons (Fsp3) is 0.100. The Hall–Kier alpha value is -2.72. The van der Waals surface area contributed by atoms with Gasteiger partial charge in [-0.05, 0) is 25.1 Å². The quantitative estimate of drug-likeness (QED) is 0.497. The van der Waals surface area contributed by atoms with E-state index in [0.29, 0.717) is 17.1 Å². The maximum Gasteiger partial charge on any atom is 0.175 e. The van der Waals surface area contributed by atoms with E-state index in [2.05, 4.69) is 6.07 Å². The first-order chi connectivity index (χ1) is 12.8. The third kappa shape index (κ3) is 6.50. The molecule has 1 heterocycles. The Labute approximate surface area is 163 Å². The fourth-order valence-corrected chi connectivity index (χ4v) is 2.80. The van der Waals surface area contributed by atoms with Crippen LogP contribution in [0, 0.1) is 18.3 Å². The number of hydrogen-bond acceptors (Lipinski definition) is 4. The van der Waals surface area contributed by atoms with Gasteiger partial charge in [0.25, 0.3) is 0 Å². The van der Waals surface area contributed by atoms with Crippen LogP contribution in [0.15, 0.2) is 78.0 Å². The number of aryl methyl sites for hydroxylation is 1. The fourth-order valence-electron chi connectivity index (χ4n) is 2.21. The van der Waals surface area contributed by atoms with E-state index in [9.17, 15) is 13.0 Å². The van der Waals surface area contributed by atoms with Gasteiger partial charge in [-0.2, -0.15) is 5.26 Å². The standard InChI is InChI=1S/C13H10ClN2.C7H8O3S/c14-13-5-7-16(8-6-13)10-12-4-2-1-3-11(12)9-15;1-6-2-4-7(5-3-6)11(8,9)10/h1-8H,10H2;2-5H,1H3,(H,8,9,10)/q+1;/p-1. The summed E-state index contributed by atoms with van der Waals surface area (Å²) in [7, 11) is -4.27. The molecule has 0 N–H and O–H groups in total. The molecule has 0 radical (unpaired) electrons. The Morgan fingerprint density at radius 2 is 1.63 bits per heavy atom. The summed E-state index contributed by atoms with van der Waals surface area (Å²) in [5.41, 5.74) is 2.65. The predicted molar refractivity (Wildman–Crippen MR) is 101 cm³/mol. The van der Waals surface area contributed by atoms with Crippen molar-refractivity contribution in [1.82, 2.24) is 0 Å². The Morgan fingerprint density at radius 1 is 1.04 bits per heavy atom. The second-order valence-electron chi connectivity index (χ2n) is 5.72. The van der Waals surface area contributed by atoms with Crippen LogP contribution in [-0.4, -0.2) is 13.0 Å². The normalized spacial score (nSPS) is 10.4.